The van der Waals surface area contributed by atoms with Crippen LogP contribution in [0.1, 0.15) is 32.8 Å². The summed E-state index contributed by atoms with van der Waals surface area (Å²) in [6.07, 6.45) is 1.11. The molecular formula is C16H25BrN2O. The summed E-state index contributed by atoms with van der Waals surface area (Å²) in [6, 6.07) is 7.10. The van der Waals surface area contributed by atoms with Gasteiger partial charge >= 0.3 is 0 Å². The first-order chi connectivity index (χ1) is 9.37. The molecule has 4 heteroatoms. The molecule has 0 bridgehead atoms. The van der Waals surface area contributed by atoms with Crippen molar-refractivity contribution in [1.29, 1.82) is 0 Å². The highest BCUT2D eigenvalue weighted by Gasteiger charge is 2.21. The van der Waals surface area contributed by atoms with Crippen molar-refractivity contribution in [3.8, 4) is 0 Å². The smallest absolute Gasteiger partial charge is 0.0670 e. The lowest BCUT2D eigenvalue weighted by atomic mass is 10.1. The Kier molecular flexibility index (Phi) is 5.10. The summed E-state index contributed by atoms with van der Waals surface area (Å²) in [5.74, 6) is 0. The van der Waals surface area contributed by atoms with Gasteiger partial charge in [0.1, 0.15) is 0 Å². The van der Waals surface area contributed by atoms with Crippen LogP contribution in [0.25, 0.3) is 0 Å². The molecule has 0 aromatic heterocycles. The topological polar surface area (TPSA) is 24.5 Å². The second-order valence-corrected chi connectivity index (χ2v) is 7.36. The number of ether oxygens (including phenoxy) is 1. The van der Waals surface area contributed by atoms with Gasteiger partial charge in [0.25, 0.3) is 0 Å². The largest absolute Gasteiger partial charge is 0.379 e. The van der Waals surface area contributed by atoms with Crippen molar-refractivity contribution in [2.24, 2.45) is 0 Å². The van der Waals surface area contributed by atoms with E-state index in [1.54, 1.807) is 0 Å². The van der Waals surface area contributed by atoms with Crippen LogP contribution in [-0.4, -0.2) is 31.8 Å². The Hall–Kier alpha value is -0.580. The SMILES string of the molecule is CN(c1ccc(CNC(C)(C)C)c(Br)c1)C1CCOC1. The van der Waals surface area contributed by atoms with Gasteiger partial charge in [0, 0.05) is 35.9 Å². The number of hydrogen-bond acceptors (Lipinski definition) is 3. The fourth-order valence-electron chi connectivity index (χ4n) is 2.30. The Bertz CT molecular complexity index is 450. The van der Waals surface area contributed by atoms with Crippen LogP contribution in [0.2, 0.25) is 0 Å². The molecule has 1 unspecified atom stereocenters. The summed E-state index contributed by atoms with van der Waals surface area (Å²) in [5, 5.41) is 3.52. The fraction of sp³-hybridized carbons (Fsp3) is 0.625. The highest BCUT2D eigenvalue weighted by molar-refractivity contribution is 9.10. The van der Waals surface area contributed by atoms with Crippen molar-refractivity contribution in [3.05, 3.63) is 28.2 Å². The van der Waals surface area contributed by atoms with Crippen LogP contribution in [0.4, 0.5) is 5.69 Å². The van der Waals surface area contributed by atoms with E-state index >= 15 is 0 Å². The second-order valence-electron chi connectivity index (χ2n) is 6.51. The van der Waals surface area contributed by atoms with E-state index in [4.69, 9.17) is 4.74 Å². The zero-order valence-corrected chi connectivity index (χ0v) is 14.5. The third kappa shape index (κ3) is 4.21. The van der Waals surface area contributed by atoms with Crippen LogP contribution < -0.4 is 10.2 Å². The summed E-state index contributed by atoms with van der Waals surface area (Å²) < 4.78 is 6.63. The molecule has 1 aliphatic rings. The van der Waals surface area contributed by atoms with E-state index in [1.807, 2.05) is 0 Å². The van der Waals surface area contributed by atoms with Gasteiger partial charge in [-0.15, -0.1) is 0 Å². The van der Waals surface area contributed by atoms with E-state index in [-0.39, 0.29) is 5.54 Å². The van der Waals surface area contributed by atoms with Crippen molar-refractivity contribution in [2.75, 3.05) is 25.2 Å². The maximum absolute atomic E-state index is 5.47. The minimum absolute atomic E-state index is 0.135. The lowest BCUT2D eigenvalue weighted by molar-refractivity contribution is 0.193. The highest BCUT2D eigenvalue weighted by atomic mass is 79.9. The molecule has 0 saturated carbocycles. The summed E-state index contributed by atoms with van der Waals surface area (Å²) in [7, 11) is 2.15. The van der Waals surface area contributed by atoms with Crippen LogP contribution in [0.3, 0.4) is 0 Å². The minimum Gasteiger partial charge on any atom is -0.379 e. The summed E-state index contributed by atoms with van der Waals surface area (Å²) in [6.45, 7) is 9.14. The Morgan fingerprint density at radius 2 is 2.15 bits per heavy atom. The first-order valence-corrected chi connectivity index (χ1v) is 8.00. The quantitative estimate of drug-likeness (QED) is 0.906. The number of nitrogens with one attached hydrogen (secondary N) is 1. The van der Waals surface area contributed by atoms with Crippen molar-refractivity contribution in [2.45, 2.75) is 45.3 Å². The van der Waals surface area contributed by atoms with Crippen LogP contribution in [-0.2, 0) is 11.3 Å². The Morgan fingerprint density at radius 1 is 1.40 bits per heavy atom. The van der Waals surface area contributed by atoms with E-state index in [0.717, 1.165) is 30.7 Å². The van der Waals surface area contributed by atoms with Gasteiger partial charge in [-0.2, -0.15) is 0 Å². The van der Waals surface area contributed by atoms with Gasteiger partial charge in [-0.05, 0) is 44.9 Å². The van der Waals surface area contributed by atoms with Gasteiger partial charge in [0.15, 0.2) is 0 Å². The standard InChI is InChI=1S/C16H25BrN2O/c1-16(2,3)18-10-12-5-6-13(9-15(12)17)19(4)14-7-8-20-11-14/h5-6,9,14,18H,7-8,10-11H2,1-4H3. The number of hydrogen-bond donors (Lipinski definition) is 1. The number of likely N-dealkylation sites (N-methyl/N-ethyl adjacent to an activating group) is 1. The maximum Gasteiger partial charge on any atom is 0.0670 e. The first kappa shape index (κ1) is 15.8. The molecule has 20 heavy (non-hydrogen) atoms. The molecule has 1 saturated heterocycles. The molecule has 112 valence electrons. The average Bonchev–Trinajstić information content (AvgIpc) is 2.89. The molecule has 0 aliphatic carbocycles. The number of rotatable bonds is 4. The van der Waals surface area contributed by atoms with E-state index in [9.17, 15) is 0 Å². The average molecular weight is 341 g/mol. The fourth-order valence-corrected chi connectivity index (χ4v) is 2.80. The molecule has 1 aromatic rings. The lowest BCUT2D eigenvalue weighted by Gasteiger charge is -2.26. The maximum atomic E-state index is 5.47. The summed E-state index contributed by atoms with van der Waals surface area (Å²) in [5.41, 5.74) is 2.67. The molecule has 1 N–H and O–H groups in total. The van der Waals surface area contributed by atoms with Crippen molar-refractivity contribution < 1.29 is 4.74 Å². The zero-order chi connectivity index (χ0) is 14.8. The molecule has 2 rings (SSSR count). The molecule has 3 nitrogen and oxygen atoms in total. The van der Waals surface area contributed by atoms with E-state index < -0.39 is 0 Å². The molecule has 0 amide bonds. The second kappa shape index (κ2) is 6.46. The third-order valence-corrected chi connectivity index (χ3v) is 4.44. The molecule has 1 aliphatic heterocycles. The van der Waals surface area contributed by atoms with Crippen molar-refractivity contribution in [1.82, 2.24) is 5.32 Å². The van der Waals surface area contributed by atoms with Crippen molar-refractivity contribution in [3.63, 3.8) is 0 Å². The molecule has 1 fully saturated rings. The number of benzene rings is 1. The molecular weight excluding hydrogens is 316 g/mol. The van der Waals surface area contributed by atoms with Crippen molar-refractivity contribution >= 4 is 21.6 Å². The minimum atomic E-state index is 0.135. The van der Waals surface area contributed by atoms with E-state index in [1.165, 1.54) is 11.3 Å². The molecule has 1 atom stereocenters. The van der Waals surface area contributed by atoms with Gasteiger partial charge in [-0.1, -0.05) is 22.0 Å². The van der Waals surface area contributed by atoms with Crippen LogP contribution >= 0.6 is 15.9 Å². The highest BCUT2D eigenvalue weighted by Crippen LogP contribution is 2.26. The summed E-state index contributed by atoms with van der Waals surface area (Å²) >= 11 is 3.69. The molecule has 1 aromatic carbocycles. The van der Waals surface area contributed by atoms with Gasteiger partial charge < -0.3 is 15.0 Å². The zero-order valence-electron chi connectivity index (χ0n) is 12.9. The molecule has 1 heterocycles. The molecule has 0 radical (unpaired) electrons. The number of halogens is 1. The monoisotopic (exact) mass is 340 g/mol. The predicted octanol–water partition coefficient (Wildman–Crippen LogP) is 3.56. The van der Waals surface area contributed by atoms with Gasteiger partial charge in [-0.25, -0.2) is 0 Å². The van der Waals surface area contributed by atoms with E-state index in [2.05, 4.69) is 72.2 Å². The predicted molar refractivity (Wildman–Crippen MR) is 88.4 cm³/mol. The molecule has 0 spiro atoms. The first-order valence-electron chi connectivity index (χ1n) is 7.21. The number of nitrogens with zero attached hydrogens (tertiary/aromatic N) is 1. The van der Waals surface area contributed by atoms with Gasteiger partial charge in [0.05, 0.1) is 12.6 Å². The number of anilines is 1. The Balaban J connectivity index is 2.05. The Labute approximate surface area is 130 Å². The summed E-state index contributed by atoms with van der Waals surface area (Å²) in [4.78, 5) is 2.32. The van der Waals surface area contributed by atoms with Crippen LogP contribution in [0.15, 0.2) is 22.7 Å². The lowest BCUT2D eigenvalue weighted by Crippen LogP contribution is -2.35. The normalized spacial score (nSPS) is 19.4. The van der Waals surface area contributed by atoms with Crippen LogP contribution in [0.5, 0.6) is 0 Å². The van der Waals surface area contributed by atoms with Gasteiger partial charge in [0.2, 0.25) is 0 Å². The van der Waals surface area contributed by atoms with Crippen LogP contribution in [0, 0.1) is 0 Å². The Morgan fingerprint density at radius 3 is 2.70 bits per heavy atom. The van der Waals surface area contributed by atoms with E-state index in [0.29, 0.717) is 6.04 Å². The van der Waals surface area contributed by atoms with Gasteiger partial charge in [-0.3, -0.25) is 0 Å². The third-order valence-electron chi connectivity index (χ3n) is 3.71.